The van der Waals surface area contributed by atoms with Gasteiger partial charge < -0.3 is 21.4 Å². The summed E-state index contributed by atoms with van der Waals surface area (Å²) in [5.74, 6) is -0.588. The van der Waals surface area contributed by atoms with E-state index in [1.807, 2.05) is 0 Å². The van der Waals surface area contributed by atoms with E-state index in [1.54, 1.807) is 6.07 Å². The molecule has 0 aliphatic carbocycles. The highest BCUT2D eigenvalue weighted by atomic mass is 19.1. The molecule has 0 aromatic heterocycles. The molecule has 0 bridgehead atoms. The van der Waals surface area contributed by atoms with E-state index in [-0.39, 0.29) is 11.3 Å². The van der Waals surface area contributed by atoms with E-state index in [0.29, 0.717) is 30.6 Å². The van der Waals surface area contributed by atoms with Gasteiger partial charge in [0.05, 0.1) is 6.10 Å². The van der Waals surface area contributed by atoms with E-state index in [2.05, 4.69) is 31.2 Å². The van der Waals surface area contributed by atoms with Gasteiger partial charge in [0.15, 0.2) is 5.84 Å². The van der Waals surface area contributed by atoms with Crippen LogP contribution in [0.15, 0.2) is 23.4 Å². The molecule has 0 saturated heterocycles. The van der Waals surface area contributed by atoms with E-state index in [0.717, 1.165) is 0 Å². The fraction of sp³-hybridized carbons (Fsp3) is 0.533. The summed E-state index contributed by atoms with van der Waals surface area (Å²) in [5.41, 5.74) is 6.63. The molecule has 0 fully saturated rings. The highest BCUT2D eigenvalue weighted by molar-refractivity contribution is 5.98. The lowest BCUT2D eigenvalue weighted by Crippen LogP contribution is -2.30. The fourth-order valence-electron chi connectivity index (χ4n) is 2.15. The number of hydrogen-bond acceptors (Lipinski definition) is 4. The molecule has 0 radical (unpaired) electrons. The van der Waals surface area contributed by atoms with Crippen molar-refractivity contribution in [3.63, 3.8) is 0 Å². The highest BCUT2D eigenvalue weighted by Gasteiger charge is 2.16. The number of aliphatic hydroxyl groups excluding tert-OH is 1. The fourth-order valence-corrected chi connectivity index (χ4v) is 2.15. The molecule has 5 nitrogen and oxygen atoms in total. The van der Waals surface area contributed by atoms with E-state index in [1.165, 1.54) is 12.1 Å². The minimum Gasteiger partial charge on any atom is -0.409 e. The lowest BCUT2D eigenvalue weighted by molar-refractivity contribution is 0.119. The molecule has 118 valence electrons. The van der Waals surface area contributed by atoms with E-state index >= 15 is 0 Å². The van der Waals surface area contributed by atoms with Crippen LogP contribution in [0.3, 0.4) is 0 Å². The Bertz CT molecular complexity index is 498. The average Bonchev–Trinajstić information content (AvgIpc) is 2.37. The molecular weight excluding hydrogens is 273 g/mol. The Morgan fingerprint density at radius 2 is 2.10 bits per heavy atom. The largest absolute Gasteiger partial charge is 0.409 e. The first-order valence-corrected chi connectivity index (χ1v) is 6.88. The topological polar surface area (TPSA) is 90.9 Å². The van der Waals surface area contributed by atoms with Crippen molar-refractivity contribution in [3.05, 3.63) is 35.1 Å². The van der Waals surface area contributed by atoms with Crippen molar-refractivity contribution in [2.45, 2.75) is 39.8 Å². The van der Waals surface area contributed by atoms with Crippen molar-refractivity contribution in [2.24, 2.45) is 16.3 Å². The van der Waals surface area contributed by atoms with Gasteiger partial charge in [-0.3, -0.25) is 0 Å². The minimum absolute atomic E-state index is 0.0517. The van der Waals surface area contributed by atoms with Crippen molar-refractivity contribution in [3.8, 4) is 0 Å². The van der Waals surface area contributed by atoms with Gasteiger partial charge in [0.2, 0.25) is 0 Å². The van der Waals surface area contributed by atoms with Crippen LogP contribution < -0.4 is 11.1 Å². The van der Waals surface area contributed by atoms with Gasteiger partial charge in [-0.15, -0.1) is 0 Å². The predicted octanol–water partition coefficient (Wildman–Crippen LogP) is 1.81. The molecule has 5 N–H and O–H groups in total. The molecule has 1 aromatic carbocycles. The smallest absolute Gasteiger partial charge is 0.170 e. The summed E-state index contributed by atoms with van der Waals surface area (Å²) in [6, 6.07) is 4.11. The number of aliphatic hydroxyl groups is 1. The number of amidine groups is 1. The summed E-state index contributed by atoms with van der Waals surface area (Å²) in [5, 5.41) is 24.6. The Morgan fingerprint density at radius 3 is 2.67 bits per heavy atom. The summed E-state index contributed by atoms with van der Waals surface area (Å²) in [7, 11) is 0. The molecule has 1 atom stereocenters. The second kappa shape index (κ2) is 7.38. The zero-order valence-corrected chi connectivity index (χ0v) is 12.7. The summed E-state index contributed by atoms with van der Waals surface area (Å²) < 4.78 is 13.2. The molecule has 0 aliphatic rings. The van der Waals surface area contributed by atoms with Gasteiger partial charge in [0.1, 0.15) is 5.82 Å². The lowest BCUT2D eigenvalue weighted by Gasteiger charge is -2.22. The maximum atomic E-state index is 13.2. The zero-order chi connectivity index (χ0) is 16.0. The van der Waals surface area contributed by atoms with Gasteiger partial charge in [-0.05, 0) is 29.5 Å². The van der Waals surface area contributed by atoms with Crippen molar-refractivity contribution < 1.29 is 14.7 Å². The van der Waals surface area contributed by atoms with Crippen LogP contribution in [0.5, 0.6) is 0 Å². The number of hydrogen-bond donors (Lipinski definition) is 4. The Balaban J connectivity index is 2.64. The molecule has 0 amide bonds. The second-order valence-corrected chi connectivity index (χ2v) is 6.34. The third-order valence-corrected chi connectivity index (χ3v) is 3.00. The molecule has 21 heavy (non-hydrogen) atoms. The van der Waals surface area contributed by atoms with Gasteiger partial charge in [-0.25, -0.2) is 4.39 Å². The molecule has 6 heteroatoms. The third-order valence-electron chi connectivity index (χ3n) is 3.00. The first-order valence-electron chi connectivity index (χ1n) is 6.88. The van der Waals surface area contributed by atoms with Crippen molar-refractivity contribution >= 4 is 5.84 Å². The van der Waals surface area contributed by atoms with Crippen LogP contribution in [-0.2, 0) is 6.54 Å². The van der Waals surface area contributed by atoms with Crippen LogP contribution in [0.4, 0.5) is 4.39 Å². The van der Waals surface area contributed by atoms with Crippen molar-refractivity contribution in [2.75, 3.05) is 6.54 Å². The first kappa shape index (κ1) is 17.4. The number of nitrogens with one attached hydrogen (secondary N) is 1. The molecular formula is C15H24FN3O2. The number of halogens is 1. The number of nitrogens with two attached hydrogens (primary N) is 1. The maximum Gasteiger partial charge on any atom is 0.170 e. The van der Waals surface area contributed by atoms with E-state index in [9.17, 15) is 9.50 Å². The number of oxime groups is 1. The third kappa shape index (κ3) is 6.10. The maximum absolute atomic E-state index is 13.2. The molecule has 0 saturated carbocycles. The lowest BCUT2D eigenvalue weighted by atomic mass is 9.89. The monoisotopic (exact) mass is 297 g/mol. The number of benzene rings is 1. The van der Waals surface area contributed by atoms with Gasteiger partial charge in [0, 0.05) is 18.7 Å². The molecule has 0 heterocycles. The van der Waals surface area contributed by atoms with E-state index in [4.69, 9.17) is 10.9 Å². The molecule has 0 aliphatic heterocycles. The van der Waals surface area contributed by atoms with E-state index < -0.39 is 11.9 Å². The van der Waals surface area contributed by atoms with Crippen molar-refractivity contribution in [1.82, 2.24) is 5.32 Å². The van der Waals surface area contributed by atoms with Crippen LogP contribution in [-0.4, -0.2) is 28.8 Å². The minimum atomic E-state index is -0.460. The second-order valence-electron chi connectivity index (χ2n) is 6.34. The zero-order valence-electron chi connectivity index (χ0n) is 12.7. The van der Waals surface area contributed by atoms with Gasteiger partial charge in [-0.2, -0.15) is 0 Å². The SMILES string of the molecule is CC(C)(C)CC(O)CNCc1ccc(F)cc1/C(N)=N/O. The Labute approximate surface area is 124 Å². The van der Waals surface area contributed by atoms with Crippen LogP contribution in [0.1, 0.15) is 38.3 Å². The molecule has 1 aromatic rings. The van der Waals surface area contributed by atoms with Crippen LogP contribution >= 0.6 is 0 Å². The van der Waals surface area contributed by atoms with Crippen LogP contribution in [0.25, 0.3) is 0 Å². The molecule has 1 rings (SSSR count). The summed E-state index contributed by atoms with van der Waals surface area (Å²) >= 11 is 0. The first-order chi connectivity index (χ1) is 9.73. The van der Waals surface area contributed by atoms with Gasteiger partial charge in [-0.1, -0.05) is 32.0 Å². The van der Waals surface area contributed by atoms with Crippen LogP contribution in [0.2, 0.25) is 0 Å². The quantitative estimate of drug-likeness (QED) is 0.279. The predicted molar refractivity (Wildman–Crippen MR) is 80.7 cm³/mol. The Kier molecular flexibility index (Phi) is 6.11. The Morgan fingerprint density at radius 1 is 1.43 bits per heavy atom. The molecule has 0 spiro atoms. The van der Waals surface area contributed by atoms with Gasteiger partial charge >= 0.3 is 0 Å². The normalized spacial score (nSPS) is 14.2. The average molecular weight is 297 g/mol. The van der Waals surface area contributed by atoms with Crippen molar-refractivity contribution in [1.29, 1.82) is 0 Å². The number of nitrogens with zero attached hydrogens (tertiary/aromatic N) is 1. The highest BCUT2D eigenvalue weighted by Crippen LogP contribution is 2.20. The standard InChI is InChI=1S/C15H24FN3O2/c1-15(2,3)7-12(20)9-18-8-10-4-5-11(16)6-13(10)14(17)19-21/h4-6,12,18,20-21H,7-9H2,1-3H3,(H2,17,19). The Hall–Kier alpha value is -1.66. The van der Waals surface area contributed by atoms with Gasteiger partial charge in [0.25, 0.3) is 0 Å². The number of rotatable bonds is 6. The summed E-state index contributed by atoms with van der Waals surface area (Å²) in [6.45, 7) is 7.00. The summed E-state index contributed by atoms with van der Waals surface area (Å²) in [6.07, 6.45) is 0.217. The molecule has 1 unspecified atom stereocenters. The summed E-state index contributed by atoms with van der Waals surface area (Å²) in [4.78, 5) is 0. The van der Waals surface area contributed by atoms with Crippen LogP contribution in [0, 0.1) is 11.2 Å².